The van der Waals surface area contributed by atoms with Crippen LogP contribution in [0.5, 0.6) is 5.75 Å². The van der Waals surface area contributed by atoms with Gasteiger partial charge in [-0.05, 0) is 34.5 Å². The lowest BCUT2D eigenvalue weighted by atomic mass is 9.85. The fourth-order valence-corrected chi connectivity index (χ4v) is 2.83. The van der Waals surface area contributed by atoms with Crippen LogP contribution in [0.15, 0.2) is 60.9 Å². The van der Waals surface area contributed by atoms with Crippen molar-refractivity contribution in [2.45, 2.75) is 12.3 Å². The van der Waals surface area contributed by atoms with Crippen molar-refractivity contribution in [1.29, 1.82) is 0 Å². The molecule has 1 heterocycles. The summed E-state index contributed by atoms with van der Waals surface area (Å²) in [5, 5.41) is 12.3. The lowest BCUT2D eigenvalue weighted by Gasteiger charge is -2.20. The molecule has 22 heavy (non-hydrogen) atoms. The number of hydrogen-bond acceptors (Lipinski definition) is 3. The molecule has 3 rings (SSSR count). The number of amides is 1. The van der Waals surface area contributed by atoms with Crippen molar-refractivity contribution in [1.82, 2.24) is 4.98 Å². The van der Waals surface area contributed by atoms with E-state index in [1.165, 1.54) is 0 Å². The monoisotopic (exact) mass is 292 g/mol. The zero-order chi connectivity index (χ0) is 15.5. The minimum Gasteiger partial charge on any atom is -0.508 e. The van der Waals surface area contributed by atoms with E-state index in [2.05, 4.69) is 4.98 Å². The molecule has 0 aliphatic heterocycles. The Balaban J connectivity index is 2.24. The zero-order valence-electron chi connectivity index (χ0n) is 11.9. The maximum atomic E-state index is 11.5. The van der Waals surface area contributed by atoms with Gasteiger partial charge in [-0.2, -0.15) is 0 Å². The largest absolute Gasteiger partial charge is 0.508 e. The van der Waals surface area contributed by atoms with Crippen LogP contribution in [0.4, 0.5) is 0 Å². The quantitative estimate of drug-likeness (QED) is 0.776. The molecule has 1 amide bonds. The molecule has 0 saturated heterocycles. The van der Waals surface area contributed by atoms with Gasteiger partial charge < -0.3 is 10.8 Å². The molecule has 0 bridgehead atoms. The number of fused-ring (bicyclic) bond motifs is 1. The molecule has 1 unspecified atom stereocenters. The number of hydrogen-bond donors (Lipinski definition) is 2. The van der Waals surface area contributed by atoms with Crippen LogP contribution in [0.2, 0.25) is 0 Å². The summed E-state index contributed by atoms with van der Waals surface area (Å²) in [4.78, 5) is 15.5. The van der Waals surface area contributed by atoms with E-state index >= 15 is 0 Å². The summed E-state index contributed by atoms with van der Waals surface area (Å²) >= 11 is 0. The highest BCUT2D eigenvalue weighted by molar-refractivity contribution is 5.89. The summed E-state index contributed by atoms with van der Waals surface area (Å²) in [6.45, 7) is 0. The first-order chi connectivity index (χ1) is 10.7. The molecule has 110 valence electrons. The van der Waals surface area contributed by atoms with E-state index in [0.717, 1.165) is 21.9 Å². The zero-order valence-corrected chi connectivity index (χ0v) is 11.9. The Morgan fingerprint density at radius 3 is 2.55 bits per heavy atom. The van der Waals surface area contributed by atoms with Crippen LogP contribution in [-0.4, -0.2) is 16.0 Å². The van der Waals surface area contributed by atoms with Crippen molar-refractivity contribution < 1.29 is 9.90 Å². The first-order valence-corrected chi connectivity index (χ1v) is 7.05. The number of carbonyl (C=O) groups is 1. The number of phenols is 1. The maximum Gasteiger partial charge on any atom is 0.218 e. The number of primary amides is 1. The average Bonchev–Trinajstić information content (AvgIpc) is 2.54. The molecule has 0 aliphatic rings. The molecule has 0 radical (unpaired) electrons. The van der Waals surface area contributed by atoms with Crippen LogP contribution in [0.1, 0.15) is 23.5 Å². The van der Waals surface area contributed by atoms with E-state index in [1.54, 1.807) is 18.5 Å². The number of carbonyl (C=O) groups excluding carboxylic acids is 1. The van der Waals surface area contributed by atoms with Crippen LogP contribution < -0.4 is 5.73 Å². The third-order valence-corrected chi connectivity index (χ3v) is 3.81. The van der Waals surface area contributed by atoms with Crippen molar-refractivity contribution in [2.24, 2.45) is 5.73 Å². The third kappa shape index (κ3) is 2.63. The molecule has 1 atom stereocenters. The van der Waals surface area contributed by atoms with Gasteiger partial charge in [-0.1, -0.05) is 30.3 Å². The van der Waals surface area contributed by atoms with Crippen molar-refractivity contribution in [3.05, 3.63) is 72.1 Å². The smallest absolute Gasteiger partial charge is 0.218 e. The molecule has 4 nitrogen and oxygen atoms in total. The molecule has 4 heteroatoms. The number of rotatable bonds is 4. The molecule has 3 aromatic rings. The molecule has 2 aromatic carbocycles. The van der Waals surface area contributed by atoms with E-state index in [1.807, 2.05) is 42.5 Å². The highest BCUT2D eigenvalue weighted by atomic mass is 16.3. The van der Waals surface area contributed by atoms with Gasteiger partial charge in [0.2, 0.25) is 5.91 Å². The second-order valence-corrected chi connectivity index (χ2v) is 5.22. The average molecular weight is 292 g/mol. The summed E-state index contributed by atoms with van der Waals surface area (Å²) < 4.78 is 0. The molecule has 0 fully saturated rings. The van der Waals surface area contributed by atoms with Gasteiger partial charge in [-0.25, -0.2) is 0 Å². The SMILES string of the molecule is NC(=O)CC(c1ccncc1)c1c(O)ccc2ccccc12. The Hall–Kier alpha value is -2.88. The van der Waals surface area contributed by atoms with Gasteiger partial charge in [-0.15, -0.1) is 0 Å². The van der Waals surface area contributed by atoms with Crippen LogP contribution in [0, 0.1) is 0 Å². The number of phenolic OH excluding ortho intramolecular Hbond substituents is 1. The maximum absolute atomic E-state index is 11.5. The molecule has 3 N–H and O–H groups in total. The molecule has 0 aliphatic carbocycles. The van der Waals surface area contributed by atoms with Crippen LogP contribution in [0.25, 0.3) is 10.8 Å². The minimum atomic E-state index is -0.408. The summed E-state index contributed by atoms with van der Waals surface area (Å²) in [6.07, 6.45) is 3.47. The first-order valence-electron chi connectivity index (χ1n) is 7.05. The molecule has 0 saturated carbocycles. The summed E-state index contributed by atoms with van der Waals surface area (Å²) in [5.74, 6) is -0.539. The Bertz CT molecular complexity index is 816. The van der Waals surface area contributed by atoms with Gasteiger partial charge >= 0.3 is 0 Å². The molecule has 1 aromatic heterocycles. The summed E-state index contributed by atoms with van der Waals surface area (Å²) in [7, 11) is 0. The topological polar surface area (TPSA) is 76.2 Å². The van der Waals surface area contributed by atoms with Gasteiger partial charge in [0.15, 0.2) is 0 Å². The second-order valence-electron chi connectivity index (χ2n) is 5.22. The number of benzene rings is 2. The van der Waals surface area contributed by atoms with Crippen LogP contribution in [-0.2, 0) is 4.79 Å². The van der Waals surface area contributed by atoms with Crippen molar-refractivity contribution in [3.63, 3.8) is 0 Å². The number of aromatic nitrogens is 1. The highest BCUT2D eigenvalue weighted by Gasteiger charge is 2.22. The number of aromatic hydroxyl groups is 1. The van der Waals surface area contributed by atoms with Gasteiger partial charge in [-0.3, -0.25) is 9.78 Å². The van der Waals surface area contributed by atoms with Crippen molar-refractivity contribution in [3.8, 4) is 5.75 Å². The van der Waals surface area contributed by atoms with Crippen molar-refractivity contribution in [2.75, 3.05) is 0 Å². The third-order valence-electron chi connectivity index (χ3n) is 3.81. The standard InChI is InChI=1S/C18H16N2O2/c19-17(22)11-15(13-7-9-20-10-8-13)18-14-4-2-1-3-12(14)5-6-16(18)21/h1-10,15,21H,11H2,(H2,19,22). The van der Waals surface area contributed by atoms with Crippen LogP contribution >= 0.6 is 0 Å². The predicted octanol–water partition coefficient (Wildman–Crippen LogP) is 2.95. The lowest BCUT2D eigenvalue weighted by Crippen LogP contribution is -2.16. The summed E-state index contributed by atoms with van der Waals surface area (Å²) in [6, 6.07) is 15.0. The number of nitrogens with zero attached hydrogens (tertiary/aromatic N) is 1. The van der Waals surface area contributed by atoms with Gasteiger partial charge in [0, 0.05) is 30.3 Å². The Kier molecular flexibility index (Phi) is 3.74. The van der Waals surface area contributed by atoms with E-state index in [0.29, 0.717) is 0 Å². The van der Waals surface area contributed by atoms with Gasteiger partial charge in [0.25, 0.3) is 0 Å². The van der Waals surface area contributed by atoms with Gasteiger partial charge in [0.05, 0.1) is 0 Å². The van der Waals surface area contributed by atoms with E-state index in [9.17, 15) is 9.90 Å². The summed E-state index contributed by atoms with van der Waals surface area (Å²) in [5.41, 5.74) is 7.05. The van der Waals surface area contributed by atoms with Crippen LogP contribution in [0.3, 0.4) is 0 Å². The normalized spacial score (nSPS) is 12.2. The predicted molar refractivity (Wildman–Crippen MR) is 85.5 cm³/mol. The molecular weight excluding hydrogens is 276 g/mol. The Morgan fingerprint density at radius 1 is 1.09 bits per heavy atom. The van der Waals surface area contributed by atoms with E-state index < -0.39 is 5.91 Å². The van der Waals surface area contributed by atoms with Crippen molar-refractivity contribution >= 4 is 16.7 Å². The number of nitrogens with two attached hydrogens (primary N) is 1. The molecule has 0 spiro atoms. The first kappa shape index (κ1) is 14.1. The fraction of sp³-hybridized carbons (Fsp3) is 0.111. The lowest BCUT2D eigenvalue weighted by molar-refractivity contribution is -0.118. The van der Waals surface area contributed by atoms with Gasteiger partial charge in [0.1, 0.15) is 5.75 Å². The Morgan fingerprint density at radius 2 is 1.82 bits per heavy atom. The fourth-order valence-electron chi connectivity index (χ4n) is 2.83. The minimum absolute atomic E-state index is 0.131. The second kappa shape index (κ2) is 5.85. The molecular formula is C18H16N2O2. The Labute approximate surface area is 128 Å². The van der Waals surface area contributed by atoms with E-state index in [4.69, 9.17) is 5.73 Å². The number of pyridine rings is 1. The highest BCUT2D eigenvalue weighted by Crippen LogP contribution is 2.38. The van der Waals surface area contributed by atoms with E-state index in [-0.39, 0.29) is 18.1 Å².